The van der Waals surface area contributed by atoms with E-state index in [-0.39, 0.29) is 24.9 Å². The molecule has 0 N–H and O–H groups in total. The first-order valence-corrected chi connectivity index (χ1v) is 7.95. The Hall–Kier alpha value is -3.35. The maximum absolute atomic E-state index is 12.1. The zero-order valence-corrected chi connectivity index (χ0v) is 14.5. The number of nitrogens with zero attached hydrogens (tertiary/aromatic N) is 2. The summed E-state index contributed by atoms with van der Waals surface area (Å²) in [6.45, 7) is 0.319. The van der Waals surface area contributed by atoms with Gasteiger partial charge in [-0.1, -0.05) is 23.4 Å². The van der Waals surface area contributed by atoms with Crippen LogP contribution in [0.2, 0.25) is 0 Å². The molecule has 7 nitrogen and oxygen atoms in total. The van der Waals surface area contributed by atoms with Gasteiger partial charge in [-0.05, 0) is 18.2 Å². The number of amides is 1. The number of oxime groups is 1. The van der Waals surface area contributed by atoms with Gasteiger partial charge in [0, 0.05) is 18.7 Å². The molecular weight excluding hydrogens is 336 g/mol. The van der Waals surface area contributed by atoms with E-state index in [0.717, 1.165) is 11.8 Å². The van der Waals surface area contributed by atoms with Crippen LogP contribution >= 0.6 is 0 Å². The molecule has 1 aliphatic rings. The van der Waals surface area contributed by atoms with Crippen molar-refractivity contribution in [2.75, 3.05) is 25.7 Å². The third-order valence-corrected chi connectivity index (χ3v) is 3.96. The minimum atomic E-state index is -0.316. The number of ether oxygens (including phenoxy) is 2. The van der Waals surface area contributed by atoms with Crippen molar-refractivity contribution in [3.8, 4) is 11.5 Å². The number of fused-ring (bicyclic) bond motifs is 1. The van der Waals surface area contributed by atoms with Gasteiger partial charge >= 0.3 is 0 Å². The SMILES string of the molecule is CON=CC(=O)N(C)c1ccccc1COc1ccc2c(c1)OCC2=O. The second kappa shape index (κ2) is 7.69. The highest BCUT2D eigenvalue weighted by Gasteiger charge is 2.21. The van der Waals surface area contributed by atoms with Crippen LogP contribution in [-0.4, -0.2) is 38.7 Å². The van der Waals surface area contributed by atoms with Crippen LogP contribution in [0.3, 0.4) is 0 Å². The molecule has 0 unspecified atom stereocenters. The van der Waals surface area contributed by atoms with Crippen molar-refractivity contribution in [2.24, 2.45) is 5.16 Å². The largest absolute Gasteiger partial charge is 0.489 e. The number of carbonyl (C=O) groups is 2. The first-order valence-electron chi connectivity index (χ1n) is 7.95. The average Bonchev–Trinajstić information content (AvgIpc) is 3.04. The van der Waals surface area contributed by atoms with Crippen LogP contribution < -0.4 is 14.4 Å². The molecule has 1 aliphatic heterocycles. The van der Waals surface area contributed by atoms with E-state index in [0.29, 0.717) is 22.7 Å². The van der Waals surface area contributed by atoms with E-state index in [1.54, 1.807) is 25.2 Å². The fourth-order valence-electron chi connectivity index (χ4n) is 2.59. The van der Waals surface area contributed by atoms with Crippen molar-refractivity contribution in [1.29, 1.82) is 0 Å². The molecule has 0 saturated carbocycles. The number of ketones is 1. The van der Waals surface area contributed by atoms with Crippen molar-refractivity contribution in [1.82, 2.24) is 0 Å². The molecule has 3 rings (SSSR count). The Morgan fingerprint density at radius 3 is 2.92 bits per heavy atom. The van der Waals surface area contributed by atoms with Gasteiger partial charge in [-0.25, -0.2) is 0 Å². The molecule has 0 radical (unpaired) electrons. The highest BCUT2D eigenvalue weighted by molar-refractivity contribution is 6.32. The predicted molar refractivity (Wildman–Crippen MR) is 96.0 cm³/mol. The lowest BCUT2D eigenvalue weighted by molar-refractivity contribution is -0.112. The average molecular weight is 354 g/mol. The number of Topliss-reactive ketones (excluding diaryl/α,β-unsaturated/α-hetero) is 1. The lowest BCUT2D eigenvalue weighted by Crippen LogP contribution is -2.28. The summed E-state index contributed by atoms with van der Waals surface area (Å²) in [6.07, 6.45) is 1.10. The van der Waals surface area contributed by atoms with Crippen LogP contribution in [0.25, 0.3) is 0 Å². The number of para-hydroxylation sites is 1. The minimum Gasteiger partial charge on any atom is -0.489 e. The Morgan fingerprint density at radius 1 is 1.31 bits per heavy atom. The molecular formula is C19H18N2O5. The summed E-state index contributed by atoms with van der Waals surface area (Å²) in [5.41, 5.74) is 2.10. The first-order chi connectivity index (χ1) is 12.6. The van der Waals surface area contributed by atoms with Crippen LogP contribution in [0, 0.1) is 0 Å². The molecule has 0 saturated heterocycles. The molecule has 1 heterocycles. The van der Waals surface area contributed by atoms with Gasteiger partial charge in [-0.15, -0.1) is 0 Å². The number of rotatable bonds is 6. The zero-order valence-electron chi connectivity index (χ0n) is 14.5. The lowest BCUT2D eigenvalue weighted by Gasteiger charge is -2.19. The predicted octanol–water partition coefficient (Wildman–Crippen LogP) is 2.44. The summed E-state index contributed by atoms with van der Waals surface area (Å²) in [7, 11) is 3.02. The van der Waals surface area contributed by atoms with Crippen LogP contribution in [0.1, 0.15) is 15.9 Å². The molecule has 134 valence electrons. The van der Waals surface area contributed by atoms with Crippen molar-refractivity contribution in [2.45, 2.75) is 6.61 Å². The van der Waals surface area contributed by atoms with Crippen LogP contribution in [0.5, 0.6) is 11.5 Å². The summed E-state index contributed by atoms with van der Waals surface area (Å²) in [5, 5.41) is 3.49. The van der Waals surface area contributed by atoms with Crippen molar-refractivity contribution >= 4 is 23.6 Å². The van der Waals surface area contributed by atoms with Gasteiger partial charge in [-0.3, -0.25) is 9.59 Å². The fourth-order valence-corrected chi connectivity index (χ4v) is 2.59. The monoisotopic (exact) mass is 354 g/mol. The Bertz CT molecular complexity index is 863. The number of hydrogen-bond acceptors (Lipinski definition) is 6. The number of anilines is 1. The maximum Gasteiger partial charge on any atom is 0.272 e. The summed E-state index contributed by atoms with van der Waals surface area (Å²) < 4.78 is 11.1. The third kappa shape index (κ3) is 3.66. The van der Waals surface area contributed by atoms with Gasteiger partial charge in [0.1, 0.15) is 31.4 Å². The molecule has 2 aromatic carbocycles. The lowest BCUT2D eigenvalue weighted by atomic mass is 10.1. The van der Waals surface area contributed by atoms with E-state index < -0.39 is 0 Å². The van der Waals surface area contributed by atoms with E-state index in [1.165, 1.54) is 12.0 Å². The van der Waals surface area contributed by atoms with Gasteiger partial charge in [0.25, 0.3) is 5.91 Å². The molecule has 0 bridgehead atoms. The molecule has 26 heavy (non-hydrogen) atoms. The van der Waals surface area contributed by atoms with Crippen LogP contribution in [0.4, 0.5) is 5.69 Å². The molecule has 1 amide bonds. The van der Waals surface area contributed by atoms with E-state index in [9.17, 15) is 9.59 Å². The van der Waals surface area contributed by atoms with Crippen molar-refractivity contribution in [3.63, 3.8) is 0 Å². The molecule has 0 atom stereocenters. The number of benzene rings is 2. The van der Waals surface area contributed by atoms with E-state index in [4.69, 9.17) is 9.47 Å². The highest BCUT2D eigenvalue weighted by Crippen LogP contribution is 2.30. The van der Waals surface area contributed by atoms with Gasteiger partial charge in [-0.2, -0.15) is 0 Å². The summed E-state index contributed by atoms with van der Waals surface area (Å²) in [6, 6.07) is 12.5. The van der Waals surface area contributed by atoms with Crippen molar-refractivity contribution < 1.29 is 23.9 Å². The fraction of sp³-hybridized carbons (Fsp3) is 0.211. The number of carbonyl (C=O) groups excluding carboxylic acids is 2. The summed E-state index contributed by atoms with van der Waals surface area (Å²) in [5.74, 6) is 0.769. The molecule has 2 aromatic rings. The van der Waals surface area contributed by atoms with E-state index in [2.05, 4.69) is 9.99 Å². The molecule has 0 spiro atoms. The zero-order chi connectivity index (χ0) is 18.5. The smallest absolute Gasteiger partial charge is 0.272 e. The van der Waals surface area contributed by atoms with Gasteiger partial charge in [0.05, 0.1) is 11.3 Å². The Morgan fingerprint density at radius 2 is 2.12 bits per heavy atom. The van der Waals surface area contributed by atoms with Crippen molar-refractivity contribution in [3.05, 3.63) is 53.6 Å². The second-order valence-corrected chi connectivity index (χ2v) is 5.60. The number of hydrogen-bond donors (Lipinski definition) is 0. The highest BCUT2D eigenvalue weighted by atomic mass is 16.6. The summed E-state index contributed by atoms with van der Waals surface area (Å²) in [4.78, 5) is 29.7. The quantitative estimate of drug-likeness (QED) is 0.588. The Labute approximate surface area is 150 Å². The first kappa shape index (κ1) is 17.5. The summed E-state index contributed by atoms with van der Waals surface area (Å²) >= 11 is 0. The standard InChI is InChI=1S/C19H18N2O5/c1-21(19(23)10-20-24-2)16-6-4-3-5-13(16)11-25-14-7-8-15-17(22)12-26-18(15)9-14/h3-10H,11-12H2,1-2H3. The third-order valence-electron chi connectivity index (χ3n) is 3.96. The van der Waals surface area contributed by atoms with Gasteiger partial charge in [0.15, 0.2) is 6.61 Å². The Balaban J connectivity index is 1.74. The van der Waals surface area contributed by atoms with Crippen LogP contribution in [-0.2, 0) is 16.2 Å². The maximum atomic E-state index is 12.1. The minimum absolute atomic E-state index is 0.0326. The van der Waals surface area contributed by atoms with E-state index in [1.807, 2.05) is 24.3 Å². The normalized spacial score (nSPS) is 12.6. The second-order valence-electron chi connectivity index (χ2n) is 5.60. The molecule has 0 aliphatic carbocycles. The Kier molecular flexibility index (Phi) is 5.17. The van der Waals surface area contributed by atoms with Gasteiger partial charge < -0.3 is 19.2 Å². The molecule has 0 fully saturated rings. The van der Waals surface area contributed by atoms with Gasteiger partial charge in [0.2, 0.25) is 5.78 Å². The van der Waals surface area contributed by atoms with E-state index >= 15 is 0 Å². The molecule has 7 heteroatoms. The molecule has 0 aromatic heterocycles. The van der Waals surface area contributed by atoms with Crippen LogP contribution in [0.15, 0.2) is 47.6 Å². The topological polar surface area (TPSA) is 77.4 Å².